The van der Waals surface area contributed by atoms with Gasteiger partial charge in [-0.05, 0) is 49.4 Å². The Morgan fingerprint density at radius 1 is 1.07 bits per heavy atom. The number of hydrogen-bond acceptors (Lipinski definition) is 7. The number of ether oxygens (including phenoxy) is 3. The van der Waals surface area contributed by atoms with Crippen LogP contribution in [0.15, 0.2) is 47.8 Å². The first kappa shape index (κ1) is 18.8. The third-order valence-electron chi connectivity index (χ3n) is 4.07. The molecule has 3 aromatic rings. The highest BCUT2D eigenvalue weighted by molar-refractivity contribution is 7.13. The number of amides is 2. The maximum atomic E-state index is 12.3. The number of benzene rings is 2. The molecule has 148 valence electrons. The Hall–Kier alpha value is -3.59. The normalized spacial score (nSPS) is 11.8. The third kappa shape index (κ3) is 4.14. The van der Waals surface area contributed by atoms with Gasteiger partial charge in [0.1, 0.15) is 16.5 Å². The summed E-state index contributed by atoms with van der Waals surface area (Å²) in [6.07, 6.45) is 0. The predicted molar refractivity (Wildman–Crippen MR) is 106 cm³/mol. The highest BCUT2D eigenvalue weighted by Gasteiger charge is 2.17. The van der Waals surface area contributed by atoms with E-state index in [1.807, 2.05) is 31.2 Å². The molecule has 0 spiro atoms. The Morgan fingerprint density at radius 3 is 2.62 bits per heavy atom. The number of nitrogens with zero attached hydrogens (tertiary/aromatic N) is 1. The van der Waals surface area contributed by atoms with Gasteiger partial charge >= 0.3 is 0 Å². The van der Waals surface area contributed by atoms with E-state index >= 15 is 0 Å². The lowest BCUT2D eigenvalue weighted by Gasteiger charge is -2.06. The van der Waals surface area contributed by atoms with Crippen LogP contribution in [0, 0.1) is 0 Å². The predicted octanol–water partition coefficient (Wildman–Crippen LogP) is 3.01. The number of carbonyl (C=O) groups excluding carboxylic acids is 2. The van der Waals surface area contributed by atoms with Crippen LogP contribution in [0.1, 0.15) is 27.8 Å². The number of carbonyl (C=O) groups is 2. The van der Waals surface area contributed by atoms with E-state index in [4.69, 9.17) is 14.2 Å². The molecule has 9 heteroatoms. The largest absolute Gasteiger partial charge is 0.494 e. The molecule has 1 aliphatic rings. The van der Waals surface area contributed by atoms with E-state index in [0.717, 1.165) is 11.3 Å². The van der Waals surface area contributed by atoms with Crippen molar-refractivity contribution in [2.75, 3.05) is 13.4 Å². The smallest absolute Gasteiger partial charge is 0.289 e. The fraction of sp³-hybridized carbons (Fsp3) is 0.150. The van der Waals surface area contributed by atoms with Crippen molar-refractivity contribution in [2.24, 2.45) is 0 Å². The summed E-state index contributed by atoms with van der Waals surface area (Å²) in [5.74, 6) is 0.863. The van der Waals surface area contributed by atoms with Crippen LogP contribution in [0.4, 0.5) is 0 Å². The Bertz CT molecular complexity index is 1050. The van der Waals surface area contributed by atoms with Crippen LogP contribution in [0.2, 0.25) is 0 Å². The molecule has 0 unspecified atom stereocenters. The van der Waals surface area contributed by atoms with E-state index in [2.05, 4.69) is 15.8 Å². The second-order valence-corrected chi connectivity index (χ2v) is 6.83. The molecule has 29 heavy (non-hydrogen) atoms. The highest BCUT2D eigenvalue weighted by atomic mass is 32.1. The van der Waals surface area contributed by atoms with Crippen LogP contribution in [0.5, 0.6) is 17.2 Å². The van der Waals surface area contributed by atoms with Crippen molar-refractivity contribution in [1.82, 2.24) is 15.8 Å². The van der Waals surface area contributed by atoms with Crippen LogP contribution in [-0.2, 0) is 0 Å². The van der Waals surface area contributed by atoms with Crippen molar-refractivity contribution < 1.29 is 23.8 Å². The quantitative estimate of drug-likeness (QED) is 0.626. The van der Waals surface area contributed by atoms with Crippen molar-refractivity contribution in [1.29, 1.82) is 0 Å². The standard InChI is InChI=1S/C20H17N3O5S/c1-2-26-14-6-3-12(4-7-14)20-21-15(10-29-20)19(25)23-22-18(24)13-5-8-16-17(9-13)28-11-27-16/h3-10H,2,11H2,1H3,(H,22,24)(H,23,25). The lowest BCUT2D eigenvalue weighted by Crippen LogP contribution is -2.41. The number of rotatable bonds is 5. The first-order chi connectivity index (χ1) is 14.1. The summed E-state index contributed by atoms with van der Waals surface area (Å²) in [4.78, 5) is 28.9. The topological polar surface area (TPSA) is 98.8 Å². The summed E-state index contributed by atoms with van der Waals surface area (Å²) in [7, 11) is 0. The average Bonchev–Trinajstić information content (AvgIpc) is 3.41. The van der Waals surface area contributed by atoms with E-state index in [9.17, 15) is 9.59 Å². The maximum Gasteiger partial charge on any atom is 0.289 e. The molecule has 2 N–H and O–H groups in total. The molecule has 2 amide bonds. The molecule has 0 saturated heterocycles. The lowest BCUT2D eigenvalue weighted by molar-refractivity contribution is 0.0844. The van der Waals surface area contributed by atoms with Gasteiger partial charge in [-0.2, -0.15) is 0 Å². The summed E-state index contributed by atoms with van der Waals surface area (Å²) in [6.45, 7) is 2.64. The van der Waals surface area contributed by atoms with E-state index < -0.39 is 11.8 Å². The molecule has 1 aromatic heterocycles. The fourth-order valence-electron chi connectivity index (χ4n) is 2.66. The molecule has 0 atom stereocenters. The number of aromatic nitrogens is 1. The second-order valence-electron chi connectivity index (χ2n) is 5.97. The summed E-state index contributed by atoms with van der Waals surface area (Å²) >= 11 is 1.34. The molecule has 2 aromatic carbocycles. The fourth-order valence-corrected chi connectivity index (χ4v) is 3.46. The Morgan fingerprint density at radius 2 is 1.83 bits per heavy atom. The van der Waals surface area contributed by atoms with Gasteiger partial charge in [0.2, 0.25) is 6.79 Å². The number of fused-ring (bicyclic) bond motifs is 1. The van der Waals surface area contributed by atoms with Crippen LogP contribution in [0.25, 0.3) is 10.6 Å². The molecule has 0 fully saturated rings. The number of hydrazine groups is 1. The van der Waals surface area contributed by atoms with Crippen LogP contribution in [0.3, 0.4) is 0 Å². The van der Waals surface area contributed by atoms with Gasteiger partial charge in [0.15, 0.2) is 11.5 Å². The second kappa shape index (κ2) is 8.19. The van der Waals surface area contributed by atoms with E-state index in [0.29, 0.717) is 28.7 Å². The summed E-state index contributed by atoms with van der Waals surface area (Å²) in [6, 6.07) is 12.2. The lowest BCUT2D eigenvalue weighted by atomic mass is 10.2. The van der Waals surface area contributed by atoms with E-state index in [1.165, 1.54) is 11.3 Å². The first-order valence-corrected chi connectivity index (χ1v) is 9.71. The van der Waals surface area contributed by atoms with Crippen LogP contribution >= 0.6 is 11.3 Å². The summed E-state index contributed by atoms with van der Waals surface area (Å²) < 4.78 is 15.9. The SMILES string of the molecule is CCOc1ccc(-c2nc(C(=O)NNC(=O)c3ccc4c(c3)OCO4)cs2)cc1. The van der Waals surface area contributed by atoms with Crippen LogP contribution < -0.4 is 25.1 Å². The van der Waals surface area contributed by atoms with Crippen molar-refractivity contribution >= 4 is 23.2 Å². The maximum absolute atomic E-state index is 12.3. The zero-order valence-electron chi connectivity index (χ0n) is 15.4. The summed E-state index contributed by atoms with van der Waals surface area (Å²) in [5, 5.41) is 2.33. The third-order valence-corrected chi connectivity index (χ3v) is 4.96. The minimum absolute atomic E-state index is 0.123. The van der Waals surface area contributed by atoms with E-state index in [1.54, 1.807) is 23.6 Å². The van der Waals surface area contributed by atoms with Gasteiger partial charge in [-0.1, -0.05) is 0 Å². The molecule has 0 saturated carbocycles. The molecule has 0 radical (unpaired) electrons. The summed E-state index contributed by atoms with van der Waals surface area (Å²) in [5.41, 5.74) is 6.17. The van der Waals surface area contributed by atoms with Gasteiger partial charge in [0.05, 0.1) is 6.61 Å². The van der Waals surface area contributed by atoms with Gasteiger partial charge in [0, 0.05) is 16.5 Å². The number of thiazole rings is 1. The Kier molecular flexibility index (Phi) is 5.30. The molecule has 4 rings (SSSR count). The van der Waals surface area contributed by atoms with E-state index in [-0.39, 0.29) is 12.5 Å². The highest BCUT2D eigenvalue weighted by Crippen LogP contribution is 2.32. The molecule has 2 heterocycles. The monoisotopic (exact) mass is 411 g/mol. The van der Waals surface area contributed by atoms with Crippen molar-refractivity contribution in [3.63, 3.8) is 0 Å². The zero-order valence-corrected chi connectivity index (χ0v) is 16.2. The van der Waals surface area contributed by atoms with Crippen molar-refractivity contribution in [2.45, 2.75) is 6.92 Å². The number of nitrogens with one attached hydrogen (secondary N) is 2. The number of hydrogen-bond donors (Lipinski definition) is 2. The molecule has 0 aliphatic carbocycles. The van der Waals surface area contributed by atoms with Crippen molar-refractivity contribution in [3.8, 4) is 27.8 Å². The molecular weight excluding hydrogens is 394 g/mol. The van der Waals surface area contributed by atoms with Gasteiger partial charge in [0.25, 0.3) is 11.8 Å². The zero-order chi connectivity index (χ0) is 20.2. The van der Waals surface area contributed by atoms with Gasteiger partial charge in [-0.3, -0.25) is 20.4 Å². The Labute approximate surface area is 170 Å². The van der Waals surface area contributed by atoms with Crippen molar-refractivity contribution in [3.05, 3.63) is 59.1 Å². The van der Waals surface area contributed by atoms with Gasteiger partial charge < -0.3 is 14.2 Å². The first-order valence-electron chi connectivity index (χ1n) is 8.83. The van der Waals surface area contributed by atoms with Gasteiger partial charge in [-0.15, -0.1) is 11.3 Å². The molecular formula is C20H17N3O5S. The Balaban J connectivity index is 1.37. The molecule has 1 aliphatic heterocycles. The minimum Gasteiger partial charge on any atom is -0.494 e. The molecule has 0 bridgehead atoms. The average molecular weight is 411 g/mol. The molecule has 8 nitrogen and oxygen atoms in total. The van der Waals surface area contributed by atoms with Crippen LogP contribution in [-0.4, -0.2) is 30.2 Å². The minimum atomic E-state index is -0.507. The van der Waals surface area contributed by atoms with Gasteiger partial charge in [-0.25, -0.2) is 4.98 Å².